The third kappa shape index (κ3) is 2.04. The minimum Gasteiger partial charge on any atom is -0.370 e. The monoisotopic (exact) mass is 223 g/mol. The summed E-state index contributed by atoms with van der Waals surface area (Å²) >= 11 is 0. The molecule has 2 atom stereocenters. The van der Waals surface area contributed by atoms with E-state index in [4.69, 9.17) is 5.73 Å². The normalized spacial score (nSPS) is 34.9. The number of rotatable bonds is 2. The Balaban J connectivity index is 2.13. The lowest BCUT2D eigenvalue weighted by Crippen LogP contribution is -2.54. The van der Waals surface area contributed by atoms with Crippen LogP contribution in [0.2, 0.25) is 0 Å². The second-order valence-corrected chi connectivity index (χ2v) is 6.10. The van der Waals surface area contributed by atoms with Gasteiger partial charge in [-0.05, 0) is 24.7 Å². The Morgan fingerprint density at radius 2 is 2.31 bits per heavy atom. The van der Waals surface area contributed by atoms with Crippen LogP contribution in [0.5, 0.6) is 0 Å². The van der Waals surface area contributed by atoms with Crippen LogP contribution in [0.15, 0.2) is 4.99 Å². The van der Waals surface area contributed by atoms with Gasteiger partial charge >= 0.3 is 0 Å². The molecule has 3 heteroatoms. The average Bonchev–Trinajstić information content (AvgIpc) is 2.47. The van der Waals surface area contributed by atoms with Crippen molar-refractivity contribution in [2.45, 2.75) is 52.0 Å². The van der Waals surface area contributed by atoms with Crippen molar-refractivity contribution in [3.05, 3.63) is 0 Å². The van der Waals surface area contributed by atoms with Gasteiger partial charge in [0.05, 0.1) is 12.1 Å². The summed E-state index contributed by atoms with van der Waals surface area (Å²) in [5, 5.41) is 0. The molecule has 0 saturated heterocycles. The zero-order valence-corrected chi connectivity index (χ0v) is 10.9. The summed E-state index contributed by atoms with van der Waals surface area (Å²) in [6.07, 6.45) is 5.24. The van der Waals surface area contributed by atoms with Crippen LogP contribution in [0, 0.1) is 11.8 Å². The summed E-state index contributed by atoms with van der Waals surface area (Å²) in [6, 6.07) is 0. The lowest BCUT2D eigenvalue weighted by Gasteiger charge is -2.45. The molecule has 16 heavy (non-hydrogen) atoms. The van der Waals surface area contributed by atoms with Crippen molar-refractivity contribution in [2.75, 3.05) is 13.1 Å². The zero-order chi connectivity index (χ0) is 11.8. The number of nitrogens with two attached hydrogens (primary N) is 1. The summed E-state index contributed by atoms with van der Waals surface area (Å²) < 4.78 is 0. The molecular weight excluding hydrogens is 198 g/mol. The molecule has 3 nitrogen and oxygen atoms in total. The van der Waals surface area contributed by atoms with E-state index in [2.05, 4.69) is 30.7 Å². The van der Waals surface area contributed by atoms with Crippen LogP contribution >= 0.6 is 0 Å². The van der Waals surface area contributed by atoms with Gasteiger partial charge in [0.15, 0.2) is 5.96 Å². The smallest absolute Gasteiger partial charge is 0.191 e. The first-order chi connectivity index (χ1) is 7.53. The lowest BCUT2D eigenvalue weighted by molar-refractivity contribution is 0.104. The van der Waals surface area contributed by atoms with Crippen LogP contribution in [0.3, 0.4) is 0 Å². The quantitative estimate of drug-likeness (QED) is 0.780. The first-order valence-electron chi connectivity index (χ1n) is 6.61. The molecule has 92 valence electrons. The summed E-state index contributed by atoms with van der Waals surface area (Å²) in [4.78, 5) is 6.90. The molecule has 0 aromatic carbocycles. The topological polar surface area (TPSA) is 41.6 Å². The maximum absolute atomic E-state index is 6.05. The number of aliphatic imine (C=N–C) groups is 1. The van der Waals surface area contributed by atoms with Gasteiger partial charge < -0.3 is 10.6 Å². The van der Waals surface area contributed by atoms with Crippen molar-refractivity contribution in [2.24, 2.45) is 22.6 Å². The molecule has 0 amide bonds. The molecule has 2 N–H and O–H groups in total. The maximum Gasteiger partial charge on any atom is 0.191 e. The lowest BCUT2D eigenvalue weighted by atomic mass is 9.75. The highest BCUT2D eigenvalue weighted by atomic mass is 15.4. The van der Waals surface area contributed by atoms with E-state index in [9.17, 15) is 0 Å². The third-order valence-corrected chi connectivity index (χ3v) is 4.00. The first kappa shape index (κ1) is 11.7. The van der Waals surface area contributed by atoms with Gasteiger partial charge in [-0.1, -0.05) is 33.6 Å². The highest BCUT2D eigenvalue weighted by molar-refractivity contribution is 5.81. The van der Waals surface area contributed by atoms with Gasteiger partial charge in [0.2, 0.25) is 0 Å². The van der Waals surface area contributed by atoms with Gasteiger partial charge in [-0.2, -0.15) is 0 Å². The Labute approximate surface area is 99.1 Å². The van der Waals surface area contributed by atoms with E-state index in [1.54, 1.807) is 0 Å². The number of nitrogens with zero attached hydrogens (tertiary/aromatic N) is 2. The van der Waals surface area contributed by atoms with Crippen molar-refractivity contribution in [3.63, 3.8) is 0 Å². The highest BCUT2D eigenvalue weighted by Gasteiger charge is 2.44. The molecule has 0 aromatic rings. The molecule has 1 aliphatic heterocycles. The number of guanidine groups is 1. The van der Waals surface area contributed by atoms with Crippen LogP contribution in [-0.4, -0.2) is 29.5 Å². The van der Waals surface area contributed by atoms with E-state index < -0.39 is 0 Å². The van der Waals surface area contributed by atoms with Crippen LogP contribution in [-0.2, 0) is 0 Å². The third-order valence-electron chi connectivity index (χ3n) is 4.00. The van der Waals surface area contributed by atoms with Crippen molar-refractivity contribution >= 4 is 5.96 Å². The SMILES string of the molecule is CC(C)CN1C(N)=NCC12CCCC(C)C2. The predicted molar refractivity (Wildman–Crippen MR) is 68.4 cm³/mol. The Morgan fingerprint density at radius 3 is 2.94 bits per heavy atom. The molecule has 0 bridgehead atoms. The highest BCUT2D eigenvalue weighted by Crippen LogP contribution is 2.39. The Bertz CT molecular complexity index is 285. The van der Waals surface area contributed by atoms with Crippen molar-refractivity contribution < 1.29 is 0 Å². The van der Waals surface area contributed by atoms with Crippen LogP contribution in [0.1, 0.15) is 46.5 Å². The molecule has 1 aliphatic carbocycles. The molecule has 1 saturated carbocycles. The molecule has 2 rings (SSSR count). The van der Waals surface area contributed by atoms with Crippen LogP contribution in [0.25, 0.3) is 0 Å². The predicted octanol–water partition coefficient (Wildman–Crippen LogP) is 2.22. The van der Waals surface area contributed by atoms with Crippen LogP contribution < -0.4 is 5.73 Å². The van der Waals surface area contributed by atoms with E-state index in [1.807, 2.05) is 0 Å². The minimum absolute atomic E-state index is 0.270. The van der Waals surface area contributed by atoms with Gasteiger partial charge in [-0.25, -0.2) is 0 Å². The maximum atomic E-state index is 6.05. The van der Waals surface area contributed by atoms with Crippen molar-refractivity contribution in [1.82, 2.24) is 4.90 Å². The number of hydrogen-bond donors (Lipinski definition) is 1. The van der Waals surface area contributed by atoms with E-state index in [0.717, 1.165) is 25.0 Å². The standard InChI is InChI=1S/C13H25N3/c1-10(2)8-16-12(14)15-9-13(16)6-4-5-11(3)7-13/h10-11H,4-9H2,1-3H3,(H2,14,15). The molecule has 0 aromatic heterocycles. The zero-order valence-electron chi connectivity index (χ0n) is 10.9. The second-order valence-electron chi connectivity index (χ2n) is 6.10. The average molecular weight is 223 g/mol. The van der Waals surface area contributed by atoms with Gasteiger partial charge in [0, 0.05) is 6.54 Å². The Hall–Kier alpha value is -0.730. The Morgan fingerprint density at radius 1 is 1.56 bits per heavy atom. The van der Waals surface area contributed by atoms with Crippen molar-refractivity contribution in [1.29, 1.82) is 0 Å². The Kier molecular flexibility index (Phi) is 3.13. The summed E-state index contributed by atoms with van der Waals surface area (Å²) in [5.74, 6) is 2.26. The van der Waals surface area contributed by atoms with Gasteiger partial charge in [-0.15, -0.1) is 0 Å². The molecular formula is C13H25N3. The fourth-order valence-electron chi connectivity index (χ4n) is 3.32. The molecule has 1 heterocycles. The van der Waals surface area contributed by atoms with E-state index in [0.29, 0.717) is 5.92 Å². The molecule has 1 spiro atoms. The van der Waals surface area contributed by atoms with Gasteiger partial charge in [0.25, 0.3) is 0 Å². The molecule has 2 unspecified atom stereocenters. The molecule has 2 aliphatic rings. The molecule has 0 radical (unpaired) electrons. The minimum atomic E-state index is 0.270. The van der Waals surface area contributed by atoms with Gasteiger partial charge in [-0.3, -0.25) is 4.99 Å². The van der Waals surface area contributed by atoms with E-state index >= 15 is 0 Å². The first-order valence-corrected chi connectivity index (χ1v) is 6.61. The fourth-order valence-corrected chi connectivity index (χ4v) is 3.32. The fraction of sp³-hybridized carbons (Fsp3) is 0.923. The number of hydrogen-bond acceptors (Lipinski definition) is 3. The summed E-state index contributed by atoms with van der Waals surface area (Å²) in [5.41, 5.74) is 6.32. The van der Waals surface area contributed by atoms with Crippen LogP contribution in [0.4, 0.5) is 0 Å². The van der Waals surface area contributed by atoms with E-state index in [-0.39, 0.29) is 5.54 Å². The molecule has 1 fully saturated rings. The summed E-state index contributed by atoms with van der Waals surface area (Å²) in [6.45, 7) is 8.86. The van der Waals surface area contributed by atoms with Crippen molar-refractivity contribution in [3.8, 4) is 0 Å². The summed E-state index contributed by atoms with van der Waals surface area (Å²) in [7, 11) is 0. The largest absolute Gasteiger partial charge is 0.370 e. The second kappa shape index (κ2) is 4.27. The van der Waals surface area contributed by atoms with Gasteiger partial charge in [0.1, 0.15) is 0 Å². The van der Waals surface area contributed by atoms with E-state index in [1.165, 1.54) is 25.7 Å².